The summed E-state index contributed by atoms with van der Waals surface area (Å²) < 4.78 is 39.1. The molecule has 0 fully saturated rings. The summed E-state index contributed by atoms with van der Waals surface area (Å²) in [6.07, 6.45) is -1.44. The number of halogens is 3. The highest BCUT2D eigenvalue weighted by atomic mass is 19.4. The van der Waals surface area contributed by atoms with E-state index in [2.05, 4.69) is 10.1 Å². The summed E-state index contributed by atoms with van der Waals surface area (Å²) in [5.74, 6) is -0.542. The van der Waals surface area contributed by atoms with Crippen molar-refractivity contribution in [2.45, 2.75) is 19.0 Å². The Morgan fingerprint density at radius 3 is 2.82 bits per heavy atom. The van der Waals surface area contributed by atoms with E-state index in [1.165, 1.54) is 11.9 Å². The number of hydrogen-bond acceptors (Lipinski definition) is 3. The Morgan fingerprint density at radius 2 is 2.14 bits per heavy atom. The highest BCUT2D eigenvalue weighted by Gasteiger charge is 2.36. The van der Waals surface area contributed by atoms with Crippen molar-refractivity contribution in [2.24, 2.45) is 7.05 Å². The monoisotopic (exact) mass is 310 g/mol. The number of rotatable bonds is 1. The molecule has 0 aromatic carbocycles. The third-order valence-electron chi connectivity index (χ3n) is 3.59. The van der Waals surface area contributed by atoms with Crippen molar-refractivity contribution in [1.29, 1.82) is 0 Å². The van der Waals surface area contributed by atoms with Crippen molar-refractivity contribution in [3.8, 4) is 0 Å². The molecule has 3 heterocycles. The summed E-state index contributed by atoms with van der Waals surface area (Å²) >= 11 is 0. The largest absolute Gasteiger partial charge is 0.433 e. The second kappa shape index (κ2) is 5.11. The van der Waals surface area contributed by atoms with E-state index in [0.717, 1.165) is 18.2 Å². The molecule has 5 nitrogen and oxygen atoms in total. The average molecular weight is 310 g/mol. The standard InChI is InChI=1S/C14H13F3N4O/c1-20-12(14(15,16)17)8-10(19-20)13(22)21-7-3-4-9-11(21)5-2-6-18-9/h2,5-6,8H,3-4,7H2,1H3. The van der Waals surface area contributed by atoms with Crippen LogP contribution in [0.3, 0.4) is 0 Å². The van der Waals surface area contributed by atoms with Gasteiger partial charge in [-0.05, 0) is 25.0 Å². The van der Waals surface area contributed by atoms with Gasteiger partial charge in [-0.3, -0.25) is 14.5 Å². The number of carbonyl (C=O) groups is 1. The fraction of sp³-hybridized carbons (Fsp3) is 0.357. The number of amides is 1. The van der Waals surface area contributed by atoms with Gasteiger partial charge in [-0.2, -0.15) is 18.3 Å². The van der Waals surface area contributed by atoms with Gasteiger partial charge in [0.15, 0.2) is 5.69 Å². The van der Waals surface area contributed by atoms with Gasteiger partial charge in [0.2, 0.25) is 0 Å². The van der Waals surface area contributed by atoms with Crippen LogP contribution in [0.25, 0.3) is 0 Å². The van der Waals surface area contributed by atoms with Crippen LogP contribution in [0.2, 0.25) is 0 Å². The second-order valence-corrected chi connectivity index (χ2v) is 5.07. The maximum Gasteiger partial charge on any atom is 0.433 e. The third kappa shape index (κ3) is 2.44. The van der Waals surface area contributed by atoms with Gasteiger partial charge in [0.1, 0.15) is 5.69 Å². The van der Waals surface area contributed by atoms with Gasteiger partial charge in [-0.1, -0.05) is 0 Å². The quantitative estimate of drug-likeness (QED) is 0.813. The number of fused-ring (bicyclic) bond motifs is 1. The first kappa shape index (κ1) is 14.6. The van der Waals surface area contributed by atoms with Crippen molar-refractivity contribution >= 4 is 11.6 Å². The molecule has 0 saturated carbocycles. The first-order valence-electron chi connectivity index (χ1n) is 6.75. The van der Waals surface area contributed by atoms with Crippen molar-refractivity contribution in [3.05, 3.63) is 41.5 Å². The molecule has 116 valence electrons. The molecule has 0 N–H and O–H groups in total. The van der Waals surface area contributed by atoms with Crippen LogP contribution in [0.4, 0.5) is 18.9 Å². The molecule has 22 heavy (non-hydrogen) atoms. The fourth-order valence-electron chi connectivity index (χ4n) is 2.58. The summed E-state index contributed by atoms with van der Waals surface area (Å²) in [5, 5.41) is 3.71. The molecule has 8 heteroatoms. The zero-order valence-corrected chi connectivity index (χ0v) is 11.8. The van der Waals surface area contributed by atoms with E-state index in [1.54, 1.807) is 18.3 Å². The predicted octanol–water partition coefficient (Wildman–Crippen LogP) is 2.43. The first-order chi connectivity index (χ1) is 10.4. The van der Waals surface area contributed by atoms with Crippen molar-refractivity contribution in [3.63, 3.8) is 0 Å². The second-order valence-electron chi connectivity index (χ2n) is 5.07. The number of anilines is 1. The molecule has 1 amide bonds. The minimum atomic E-state index is -4.54. The normalized spacial score (nSPS) is 14.8. The number of hydrogen-bond donors (Lipinski definition) is 0. The molecule has 1 aliphatic heterocycles. The molecule has 2 aromatic rings. The maximum atomic E-state index is 12.8. The Balaban J connectivity index is 1.96. The minimum Gasteiger partial charge on any atom is -0.305 e. The van der Waals surface area contributed by atoms with E-state index in [9.17, 15) is 18.0 Å². The van der Waals surface area contributed by atoms with E-state index >= 15 is 0 Å². The van der Waals surface area contributed by atoms with Crippen LogP contribution < -0.4 is 4.90 Å². The van der Waals surface area contributed by atoms with E-state index < -0.39 is 17.8 Å². The minimum absolute atomic E-state index is 0.216. The van der Waals surface area contributed by atoms with Crippen molar-refractivity contribution in [2.75, 3.05) is 11.4 Å². The zero-order valence-electron chi connectivity index (χ0n) is 11.8. The van der Waals surface area contributed by atoms with Gasteiger partial charge in [-0.15, -0.1) is 0 Å². The summed E-state index contributed by atoms with van der Waals surface area (Å²) in [4.78, 5) is 18.2. The van der Waals surface area contributed by atoms with Gasteiger partial charge in [0.25, 0.3) is 5.91 Å². The lowest BCUT2D eigenvalue weighted by Gasteiger charge is -2.27. The van der Waals surface area contributed by atoms with Crippen LogP contribution in [-0.4, -0.2) is 27.2 Å². The smallest absolute Gasteiger partial charge is 0.305 e. The van der Waals surface area contributed by atoms with Crippen molar-refractivity contribution < 1.29 is 18.0 Å². The Hall–Kier alpha value is -2.38. The Morgan fingerprint density at radius 1 is 1.36 bits per heavy atom. The number of nitrogens with zero attached hydrogens (tertiary/aromatic N) is 4. The van der Waals surface area contributed by atoms with Crippen LogP contribution in [0.15, 0.2) is 24.4 Å². The Labute approximate surface area is 124 Å². The lowest BCUT2D eigenvalue weighted by Crippen LogP contribution is -2.36. The molecule has 2 aromatic heterocycles. The summed E-state index contributed by atoms with van der Waals surface area (Å²) in [6.45, 7) is 0.440. The molecule has 0 spiro atoms. The molecule has 0 atom stereocenters. The fourth-order valence-corrected chi connectivity index (χ4v) is 2.58. The molecule has 0 unspecified atom stereocenters. The molecular weight excluding hydrogens is 297 g/mol. The van der Waals surface area contributed by atoms with E-state index in [-0.39, 0.29) is 5.69 Å². The average Bonchev–Trinajstić information content (AvgIpc) is 2.88. The third-order valence-corrected chi connectivity index (χ3v) is 3.59. The highest BCUT2D eigenvalue weighted by Crippen LogP contribution is 2.31. The van der Waals surface area contributed by atoms with E-state index in [0.29, 0.717) is 23.3 Å². The number of pyridine rings is 1. The SMILES string of the molecule is Cn1nc(C(=O)N2CCCc3ncccc32)cc1C(F)(F)F. The molecule has 0 bridgehead atoms. The summed E-state index contributed by atoms with van der Waals surface area (Å²) in [7, 11) is 1.17. The van der Waals surface area contributed by atoms with Crippen LogP contribution >= 0.6 is 0 Å². The van der Waals surface area contributed by atoms with E-state index in [1.807, 2.05) is 0 Å². The number of alkyl halides is 3. The van der Waals surface area contributed by atoms with Crippen molar-refractivity contribution in [1.82, 2.24) is 14.8 Å². The molecule has 0 aliphatic carbocycles. The van der Waals surface area contributed by atoms with Crippen LogP contribution in [0, 0.1) is 0 Å². The number of carbonyl (C=O) groups excluding carboxylic acids is 1. The number of aromatic nitrogens is 3. The maximum absolute atomic E-state index is 12.8. The zero-order chi connectivity index (χ0) is 15.9. The van der Waals surface area contributed by atoms with Gasteiger partial charge < -0.3 is 4.90 Å². The van der Waals surface area contributed by atoms with Gasteiger partial charge in [-0.25, -0.2) is 0 Å². The Kier molecular flexibility index (Phi) is 3.38. The van der Waals surface area contributed by atoms with Gasteiger partial charge in [0, 0.05) is 25.9 Å². The Bertz CT molecular complexity index is 723. The lowest BCUT2D eigenvalue weighted by atomic mass is 10.1. The lowest BCUT2D eigenvalue weighted by molar-refractivity contribution is -0.143. The van der Waals surface area contributed by atoms with Crippen LogP contribution in [-0.2, 0) is 19.6 Å². The molecular formula is C14H13F3N4O. The highest BCUT2D eigenvalue weighted by molar-refractivity contribution is 6.05. The summed E-state index contributed by atoms with van der Waals surface area (Å²) in [6, 6.07) is 4.23. The molecule has 1 aliphatic rings. The van der Waals surface area contributed by atoms with Crippen LogP contribution in [0.5, 0.6) is 0 Å². The first-order valence-corrected chi connectivity index (χ1v) is 6.75. The van der Waals surface area contributed by atoms with Gasteiger partial charge in [0.05, 0.1) is 11.4 Å². The topological polar surface area (TPSA) is 51.0 Å². The van der Waals surface area contributed by atoms with Gasteiger partial charge >= 0.3 is 6.18 Å². The number of aryl methyl sites for hydroxylation is 2. The molecule has 3 rings (SSSR count). The molecule has 0 radical (unpaired) electrons. The van der Waals surface area contributed by atoms with Crippen LogP contribution in [0.1, 0.15) is 28.3 Å². The molecule has 0 saturated heterocycles. The van der Waals surface area contributed by atoms with E-state index in [4.69, 9.17) is 0 Å². The summed E-state index contributed by atoms with van der Waals surface area (Å²) in [5.41, 5.74) is 0.248. The predicted molar refractivity (Wildman–Crippen MR) is 72.4 cm³/mol.